The van der Waals surface area contributed by atoms with Gasteiger partial charge >= 0.3 is 0 Å². The molecule has 0 radical (unpaired) electrons. The zero-order chi connectivity index (χ0) is 23.0. The third-order valence-corrected chi connectivity index (χ3v) is 12.5. The van der Waals surface area contributed by atoms with Crippen LogP contribution in [-0.4, -0.2) is 8.80 Å². The predicted octanol–water partition coefficient (Wildman–Crippen LogP) is 10.0. The van der Waals surface area contributed by atoms with Gasteiger partial charge in [-0.05, 0) is 72.3 Å². The number of benzene rings is 2. The molecule has 0 atom stereocenters. The highest BCUT2D eigenvalue weighted by atomic mass is 35.5. The van der Waals surface area contributed by atoms with Crippen LogP contribution in [0.5, 0.6) is 0 Å². The lowest BCUT2D eigenvalue weighted by Crippen LogP contribution is -2.22. The van der Waals surface area contributed by atoms with Crippen molar-refractivity contribution in [2.45, 2.75) is 102 Å². The molecule has 1 heterocycles. The van der Waals surface area contributed by atoms with Gasteiger partial charge in [-0.15, -0.1) is 0 Å². The Kier molecular flexibility index (Phi) is 9.50. The predicted molar refractivity (Wildman–Crippen MR) is 145 cm³/mol. The van der Waals surface area contributed by atoms with Gasteiger partial charge in [-0.1, -0.05) is 112 Å². The van der Waals surface area contributed by atoms with Crippen molar-refractivity contribution in [2.75, 3.05) is 0 Å². The van der Waals surface area contributed by atoms with Crippen molar-refractivity contribution >= 4 is 20.4 Å². The summed E-state index contributed by atoms with van der Waals surface area (Å²) in [6.45, 7) is 2.33. The normalized spacial score (nSPS) is 25.8. The lowest BCUT2D eigenvalue weighted by Gasteiger charge is -2.32. The summed E-state index contributed by atoms with van der Waals surface area (Å²) in [5.41, 5.74) is 3.41. The van der Waals surface area contributed by atoms with Crippen molar-refractivity contribution in [3.63, 3.8) is 0 Å². The van der Waals surface area contributed by atoms with Crippen molar-refractivity contribution in [1.82, 2.24) is 0 Å². The number of rotatable bonds is 9. The van der Waals surface area contributed by atoms with Gasteiger partial charge in [0.05, 0.1) is 5.02 Å². The Morgan fingerprint density at radius 2 is 1.45 bits per heavy atom. The second-order valence-electron chi connectivity index (χ2n) is 10.9. The summed E-state index contributed by atoms with van der Waals surface area (Å²) in [5.74, 6) is 2.35. The molecule has 2 aromatic rings. The summed E-state index contributed by atoms with van der Waals surface area (Å²) in [5, 5.41) is 0.184. The molecule has 0 N–H and O–H groups in total. The maximum absolute atomic E-state index is 13.8. The van der Waals surface area contributed by atoms with E-state index in [1.807, 2.05) is 6.07 Å². The molecule has 2 fully saturated rings. The van der Waals surface area contributed by atoms with E-state index in [4.69, 9.17) is 11.6 Å². The van der Waals surface area contributed by atoms with Gasteiger partial charge < -0.3 is 0 Å². The first-order chi connectivity index (χ1) is 16.1. The van der Waals surface area contributed by atoms with Crippen LogP contribution in [-0.2, 0) is 0 Å². The average Bonchev–Trinajstić information content (AvgIpc) is 2.86. The van der Waals surface area contributed by atoms with E-state index in [9.17, 15) is 4.39 Å². The van der Waals surface area contributed by atoms with Crippen LogP contribution in [0.3, 0.4) is 0 Å². The number of hydrogen-bond acceptors (Lipinski definition) is 0. The fourth-order valence-corrected chi connectivity index (χ4v) is 10.1. The van der Waals surface area contributed by atoms with E-state index >= 15 is 0 Å². The van der Waals surface area contributed by atoms with Crippen molar-refractivity contribution < 1.29 is 4.39 Å². The van der Waals surface area contributed by atoms with E-state index in [1.165, 1.54) is 69.4 Å². The third kappa shape index (κ3) is 7.18. The quantitative estimate of drug-likeness (QED) is 0.245. The van der Waals surface area contributed by atoms with E-state index < -0.39 is 0 Å². The van der Waals surface area contributed by atoms with Gasteiger partial charge in [-0.3, -0.25) is 0 Å². The van der Waals surface area contributed by atoms with Crippen molar-refractivity contribution in [3.05, 3.63) is 58.9 Å². The van der Waals surface area contributed by atoms with Crippen LogP contribution < -0.4 is 0 Å². The van der Waals surface area contributed by atoms with Crippen molar-refractivity contribution in [3.8, 4) is 11.1 Å². The Balaban J connectivity index is 1.18. The number of halogens is 2. The third-order valence-electron chi connectivity index (χ3n) is 8.65. The van der Waals surface area contributed by atoms with E-state index in [0.717, 1.165) is 23.0 Å². The Labute approximate surface area is 207 Å². The molecular formula is C30H42ClFSi. The molecule has 3 heteroatoms. The molecule has 33 heavy (non-hydrogen) atoms. The molecule has 1 saturated heterocycles. The van der Waals surface area contributed by atoms with Crippen molar-refractivity contribution in [2.24, 2.45) is 11.8 Å². The zero-order valence-corrected chi connectivity index (χ0v) is 22.4. The second kappa shape index (κ2) is 12.5. The summed E-state index contributed by atoms with van der Waals surface area (Å²) in [6.07, 6.45) is 15.9. The van der Waals surface area contributed by atoms with Crippen LogP contribution in [0.25, 0.3) is 11.1 Å². The molecule has 4 rings (SSSR count). The summed E-state index contributed by atoms with van der Waals surface area (Å²) < 4.78 is 13.8. The summed E-state index contributed by atoms with van der Waals surface area (Å²) in [6, 6.07) is 18.8. The number of unbranched alkanes of at least 4 members (excludes halogenated alkanes) is 2. The molecular weight excluding hydrogens is 443 g/mol. The average molecular weight is 485 g/mol. The molecule has 0 spiro atoms. The molecule has 1 aliphatic heterocycles. The Morgan fingerprint density at radius 3 is 2.09 bits per heavy atom. The van der Waals surface area contributed by atoms with Gasteiger partial charge in [-0.25, -0.2) is 4.39 Å². The minimum absolute atomic E-state index is 0.184. The van der Waals surface area contributed by atoms with Crippen LogP contribution in [0.15, 0.2) is 42.5 Å². The monoisotopic (exact) mass is 484 g/mol. The molecule has 2 aromatic carbocycles. The molecule has 0 nitrogen and oxygen atoms in total. The lowest BCUT2D eigenvalue weighted by atomic mass is 9.76. The topological polar surface area (TPSA) is 0 Å². The first-order valence-corrected chi connectivity index (χ1v) is 16.5. The fraction of sp³-hybridized carbons (Fsp3) is 0.600. The first kappa shape index (κ1) is 25.0. The maximum atomic E-state index is 13.8. The SMILES string of the molecule is CCCCC[SiH]1CCC(CCC2CCC(c3ccc(-c4ccc(Cl)c(F)c4)cc3)CC2)CC1. The van der Waals surface area contributed by atoms with Crippen molar-refractivity contribution in [1.29, 1.82) is 0 Å². The molecule has 0 amide bonds. The molecule has 0 unspecified atom stereocenters. The fourth-order valence-electron chi connectivity index (χ4n) is 6.37. The lowest BCUT2D eigenvalue weighted by molar-refractivity contribution is 0.280. The molecule has 0 aromatic heterocycles. The standard InChI is InChI=1S/C30H42ClFSi/c1-2-3-4-19-33-20-17-24(18-21-33)6-5-23-7-9-25(10-8-23)26-11-13-27(14-12-26)28-15-16-29(31)30(32)22-28/h11-16,22-25,33H,2-10,17-21H2,1H3. The summed E-state index contributed by atoms with van der Waals surface area (Å²) in [4.78, 5) is 0. The van der Waals surface area contributed by atoms with Crippen LogP contribution in [0.1, 0.15) is 89.0 Å². The van der Waals surface area contributed by atoms with Gasteiger partial charge in [0, 0.05) is 8.80 Å². The molecule has 1 aliphatic carbocycles. The largest absolute Gasteiger partial charge is 0.205 e. The minimum Gasteiger partial charge on any atom is -0.205 e. The highest BCUT2D eigenvalue weighted by Gasteiger charge is 2.25. The molecule has 1 saturated carbocycles. The smallest absolute Gasteiger partial charge is 0.142 e. The first-order valence-electron chi connectivity index (χ1n) is 13.7. The Hall–Kier alpha value is -1.12. The molecule has 180 valence electrons. The number of hydrogen-bond donors (Lipinski definition) is 0. The van der Waals surface area contributed by atoms with Crippen LogP contribution in [0.4, 0.5) is 4.39 Å². The maximum Gasteiger partial charge on any atom is 0.142 e. The van der Waals surface area contributed by atoms with E-state index in [1.54, 1.807) is 37.0 Å². The van der Waals surface area contributed by atoms with Gasteiger partial charge in [0.15, 0.2) is 0 Å². The highest BCUT2D eigenvalue weighted by molar-refractivity contribution is 6.58. The van der Waals surface area contributed by atoms with E-state index in [2.05, 4.69) is 31.2 Å². The highest BCUT2D eigenvalue weighted by Crippen LogP contribution is 2.40. The Morgan fingerprint density at radius 1 is 0.818 bits per heavy atom. The molecule has 0 bridgehead atoms. The summed E-state index contributed by atoms with van der Waals surface area (Å²) >= 11 is 5.83. The van der Waals surface area contributed by atoms with E-state index in [0.29, 0.717) is 5.92 Å². The van der Waals surface area contributed by atoms with Gasteiger partial charge in [0.25, 0.3) is 0 Å². The van der Waals surface area contributed by atoms with Crippen LogP contribution >= 0.6 is 11.6 Å². The molecule has 2 aliphatic rings. The van der Waals surface area contributed by atoms with Gasteiger partial charge in [0.1, 0.15) is 5.82 Å². The van der Waals surface area contributed by atoms with Gasteiger partial charge in [0.2, 0.25) is 0 Å². The van der Waals surface area contributed by atoms with Gasteiger partial charge in [-0.2, -0.15) is 0 Å². The Bertz CT molecular complexity index is 848. The summed E-state index contributed by atoms with van der Waals surface area (Å²) in [7, 11) is -0.352. The zero-order valence-electron chi connectivity index (χ0n) is 20.5. The minimum atomic E-state index is -0.352. The van der Waals surface area contributed by atoms with Crippen LogP contribution in [0, 0.1) is 17.7 Å². The van der Waals surface area contributed by atoms with Crippen LogP contribution in [0.2, 0.25) is 23.2 Å². The van der Waals surface area contributed by atoms with E-state index in [-0.39, 0.29) is 19.6 Å². The second-order valence-corrected chi connectivity index (χ2v) is 14.8.